The molecule has 0 aliphatic heterocycles. The number of ether oxygens (including phenoxy) is 2. The predicted molar refractivity (Wildman–Crippen MR) is 117 cm³/mol. The van der Waals surface area contributed by atoms with Gasteiger partial charge in [0.2, 0.25) is 0 Å². The van der Waals surface area contributed by atoms with Crippen LogP contribution in [0.1, 0.15) is 21.5 Å². The van der Waals surface area contributed by atoms with Gasteiger partial charge in [0, 0.05) is 28.3 Å². The second-order valence-corrected chi connectivity index (χ2v) is 6.74. The molecule has 0 aliphatic rings. The Bertz CT molecular complexity index is 1130. The number of para-hydroxylation sites is 1. The van der Waals surface area contributed by atoms with E-state index in [0.717, 1.165) is 5.56 Å². The van der Waals surface area contributed by atoms with Crippen molar-refractivity contribution in [1.29, 1.82) is 0 Å². The maximum Gasteiger partial charge on any atom is 0.271 e. The lowest BCUT2D eigenvalue weighted by molar-refractivity contribution is -0.384. The summed E-state index contributed by atoms with van der Waals surface area (Å²) >= 11 is 6.01. The van der Waals surface area contributed by atoms with Crippen molar-refractivity contribution in [2.24, 2.45) is 5.10 Å². The minimum atomic E-state index is -0.579. The van der Waals surface area contributed by atoms with Crippen LogP contribution in [-0.2, 0) is 6.61 Å². The highest BCUT2D eigenvalue weighted by Gasteiger charge is 2.12. The molecular weight excluding hydrogens is 422 g/mol. The topological polar surface area (TPSA) is 103 Å². The number of nitro benzene ring substituents is 1. The molecule has 158 valence electrons. The number of amides is 1. The minimum Gasteiger partial charge on any atom is -0.493 e. The monoisotopic (exact) mass is 439 g/mol. The first-order chi connectivity index (χ1) is 15.0. The number of hydrogen-bond donors (Lipinski definition) is 1. The molecule has 31 heavy (non-hydrogen) atoms. The van der Waals surface area contributed by atoms with Crippen LogP contribution in [0.25, 0.3) is 0 Å². The van der Waals surface area contributed by atoms with Gasteiger partial charge in [0.25, 0.3) is 11.6 Å². The number of methoxy groups -OCH3 is 1. The van der Waals surface area contributed by atoms with Crippen molar-refractivity contribution in [1.82, 2.24) is 5.43 Å². The fraction of sp³-hybridized carbons (Fsp3) is 0.0909. The van der Waals surface area contributed by atoms with E-state index >= 15 is 0 Å². The molecule has 0 heterocycles. The van der Waals surface area contributed by atoms with Crippen LogP contribution in [-0.4, -0.2) is 24.2 Å². The molecule has 1 amide bonds. The van der Waals surface area contributed by atoms with Crippen LogP contribution in [0.15, 0.2) is 71.8 Å². The van der Waals surface area contributed by atoms with Gasteiger partial charge in [0.1, 0.15) is 6.61 Å². The third kappa shape index (κ3) is 5.80. The van der Waals surface area contributed by atoms with Crippen LogP contribution in [0.3, 0.4) is 0 Å². The number of nitro groups is 1. The third-order valence-electron chi connectivity index (χ3n) is 4.19. The van der Waals surface area contributed by atoms with Gasteiger partial charge in [-0.2, -0.15) is 5.10 Å². The Morgan fingerprint density at radius 2 is 1.94 bits per heavy atom. The molecule has 0 saturated carbocycles. The summed E-state index contributed by atoms with van der Waals surface area (Å²) in [6.07, 6.45) is 1.41. The Balaban J connectivity index is 1.74. The molecule has 0 bridgehead atoms. The molecule has 8 nitrogen and oxygen atoms in total. The number of carbonyl (C=O) groups is 1. The lowest BCUT2D eigenvalue weighted by Crippen LogP contribution is -2.17. The number of hydrazone groups is 1. The first-order valence-corrected chi connectivity index (χ1v) is 9.48. The Morgan fingerprint density at radius 3 is 2.68 bits per heavy atom. The standard InChI is InChI=1S/C22H18ClN3O5/c1-30-20-10-4-7-17(21(20)31-14-15-5-2-8-18(23)11-15)13-24-25-22(27)16-6-3-9-19(12-16)26(28)29/h2-13H,14H2,1H3,(H,25,27)/b24-13-. The van der Waals surface area contributed by atoms with Crippen molar-refractivity contribution < 1.29 is 19.2 Å². The van der Waals surface area contributed by atoms with Crippen LogP contribution in [0.5, 0.6) is 11.5 Å². The van der Waals surface area contributed by atoms with Gasteiger partial charge < -0.3 is 9.47 Å². The van der Waals surface area contributed by atoms with Gasteiger partial charge in [-0.05, 0) is 35.9 Å². The quantitative estimate of drug-likeness (QED) is 0.314. The molecule has 0 atom stereocenters. The zero-order valence-electron chi connectivity index (χ0n) is 16.4. The largest absolute Gasteiger partial charge is 0.493 e. The molecule has 3 aromatic carbocycles. The summed E-state index contributed by atoms with van der Waals surface area (Å²) in [5, 5.41) is 15.4. The van der Waals surface area contributed by atoms with E-state index in [1.165, 1.54) is 37.6 Å². The van der Waals surface area contributed by atoms with Gasteiger partial charge >= 0.3 is 0 Å². The first-order valence-electron chi connectivity index (χ1n) is 9.10. The zero-order valence-corrected chi connectivity index (χ0v) is 17.2. The summed E-state index contributed by atoms with van der Waals surface area (Å²) in [5.74, 6) is 0.360. The van der Waals surface area contributed by atoms with E-state index in [0.29, 0.717) is 22.1 Å². The molecule has 1 N–H and O–H groups in total. The van der Waals surface area contributed by atoms with E-state index in [4.69, 9.17) is 21.1 Å². The number of non-ortho nitro benzene ring substituents is 1. The van der Waals surface area contributed by atoms with Crippen LogP contribution < -0.4 is 14.9 Å². The number of hydrogen-bond acceptors (Lipinski definition) is 6. The summed E-state index contributed by atoms with van der Waals surface area (Å²) < 4.78 is 11.3. The molecule has 0 radical (unpaired) electrons. The van der Waals surface area contributed by atoms with E-state index < -0.39 is 10.8 Å². The van der Waals surface area contributed by atoms with Crippen molar-refractivity contribution in [3.8, 4) is 11.5 Å². The van der Waals surface area contributed by atoms with Gasteiger partial charge in [0.15, 0.2) is 11.5 Å². The normalized spacial score (nSPS) is 10.6. The zero-order chi connectivity index (χ0) is 22.2. The van der Waals surface area contributed by atoms with Gasteiger partial charge in [-0.1, -0.05) is 35.9 Å². The smallest absolute Gasteiger partial charge is 0.271 e. The predicted octanol–water partition coefficient (Wildman–Crippen LogP) is 4.60. The number of carbonyl (C=O) groups excluding carboxylic acids is 1. The fourth-order valence-electron chi connectivity index (χ4n) is 2.72. The highest BCUT2D eigenvalue weighted by Crippen LogP contribution is 2.31. The molecular formula is C22H18ClN3O5. The Labute approximate surface area is 183 Å². The third-order valence-corrected chi connectivity index (χ3v) is 4.43. The molecule has 0 unspecified atom stereocenters. The summed E-state index contributed by atoms with van der Waals surface area (Å²) in [6, 6.07) is 17.9. The molecule has 0 aromatic heterocycles. The summed E-state index contributed by atoms with van der Waals surface area (Å²) in [4.78, 5) is 22.5. The van der Waals surface area contributed by atoms with E-state index in [1.807, 2.05) is 12.1 Å². The minimum absolute atomic E-state index is 0.120. The SMILES string of the molecule is COc1cccc(/C=N\NC(=O)c2cccc([N+](=O)[O-])c2)c1OCc1cccc(Cl)c1. The van der Waals surface area contributed by atoms with Crippen molar-refractivity contribution in [2.45, 2.75) is 6.61 Å². The van der Waals surface area contributed by atoms with Gasteiger partial charge in [0.05, 0.1) is 18.2 Å². The maximum atomic E-state index is 12.2. The lowest BCUT2D eigenvalue weighted by Gasteiger charge is -2.13. The van der Waals surface area contributed by atoms with E-state index in [1.54, 1.807) is 30.3 Å². The number of nitrogens with zero attached hydrogens (tertiary/aromatic N) is 2. The second-order valence-electron chi connectivity index (χ2n) is 6.30. The number of halogens is 1. The molecule has 0 aliphatic carbocycles. The van der Waals surface area contributed by atoms with Gasteiger partial charge in [-0.3, -0.25) is 14.9 Å². The molecule has 0 fully saturated rings. The average Bonchev–Trinajstić information content (AvgIpc) is 2.78. The van der Waals surface area contributed by atoms with Crippen LogP contribution in [0.2, 0.25) is 5.02 Å². The number of nitrogens with one attached hydrogen (secondary N) is 1. The van der Waals surface area contributed by atoms with Crippen LogP contribution in [0, 0.1) is 10.1 Å². The second kappa shape index (κ2) is 10.2. The molecule has 9 heteroatoms. The van der Waals surface area contributed by atoms with Crippen LogP contribution in [0.4, 0.5) is 5.69 Å². The van der Waals surface area contributed by atoms with Gasteiger partial charge in [-0.15, -0.1) is 0 Å². The maximum absolute atomic E-state index is 12.2. The molecule has 3 rings (SSSR count). The molecule has 0 saturated heterocycles. The Kier molecular flexibility index (Phi) is 7.18. The summed E-state index contributed by atoms with van der Waals surface area (Å²) in [6.45, 7) is 0.252. The lowest BCUT2D eigenvalue weighted by atomic mass is 10.2. The van der Waals surface area contributed by atoms with Crippen molar-refractivity contribution in [3.63, 3.8) is 0 Å². The van der Waals surface area contributed by atoms with Crippen molar-refractivity contribution >= 4 is 29.4 Å². The molecule has 0 spiro atoms. The fourth-order valence-corrected chi connectivity index (χ4v) is 2.93. The first kappa shape index (κ1) is 21.8. The van der Waals surface area contributed by atoms with E-state index in [2.05, 4.69) is 10.5 Å². The van der Waals surface area contributed by atoms with E-state index in [9.17, 15) is 14.9 Å². The highest BCUT2D eigenvalue weighted by atomic mass is 35.5. The van der Waals surface area contributed by atoms with E-state index in [-0.39, 0.29) is 17.9 Å². The number of rotatable bonds is 8. The Hall–Kier alpha value is -3.91. The van der Waals surface area contributed by atoms with Crippen LogP contribution >= 0.6 is 11.6 Å². The molecule has 3 aromatic rings. The van der Waals surface area contributed by atoms with Crippen molar-refractivity contribution in [2.75, 3.05) is 7.11 Å². The average molecular weight is 440 g/mol. The highest BCUT2D eigenvalue weighted by molar-refractivity contribution is 6.30. The number of benzene rings is 3. The van der Waals surface area contributed by atoms with Gasteiger partial charge in [-0.25, -0.2) is 5.43 Å². The van der Waals surface area contributed by atoms with Crippen molar-refractivity contribution in [3.05, 3.63) is 98.6 Å². The Morgan fingerprint density at radius 1 is 1.16 bits per heavy atom. The summed E-state index contributed by atoms with van der Waals surface area (Å²) in [7, 11) is 1.52. The summed E-state index contributed by atoms with van der Waals surface area (Å²) in [5.41, 5.74) is 3.74.